The van der Waals surface area contributed by atoms with Crippen LogP contribution in [0.3, 0.4) is 0 Å². The molecule has 3 aromatic carbocycles. The number of nitriles is 1. The summed E-state index contributed by atoms with van der Waals surface area (Å²) in [4.78, 5) is 32.1. The third-order valence-corrected chi connectivity index (χ3v) is 8.61. The molecule has 226 valence electrons. The minimum absolute atomic E-state index is 0.0245. The number of carboxylic acids is 1. The van der Waals surface area contributed by atoms with Crippen LogP contribution < -0.4 is 10.3 Å². The van der Waals surface area contributed by atoms with E-state index in [1.54, 1.807) is 31.2 Å². The minimum atomic E-state index is -2.86. The Morgan fingerprint density at radius 1 is 1.18 bits per heavy atom. The number of hydrogen-bond donors (Lipinski definition) is 1. The Kier molecular flexibility index (Phi) is 8.97. The van der Waals surface area contributed by atoms with Crippen LogP contribution in [0.2, 0.25) is 5.02 Å². The maximum atomic E-state index is 13.8. The second-order valence-corrected chi connectivity index (χ2v) is 11.7. The van der Waals surface area contributed by atoms with Crippen LogP contribution in [0, 0.1) is 18.3 Å². The van der Waals surface area contributed by atoms with Gasteiger partial charge in [0.15, 0.2) is 0 Å². The molecule has 5 rings (SSSR count). The highest BCUT2D eigenvalue weighted by Gasteiger charge is 2.23. The Hall–Kier alpha value is -4.37. The average molecular weight is 637 g/mol. The normalized spacial score (nSPS) is 11.5. The van der Waals surface area contributed by atoms with Crippen LogP contribution in [0.4, 0.5) is 8.78 Å². The van der Waals surface area contributed by atoms with Gasteiger partial charge in [-0.25, -0.2) is 18.6 Å². The van der Waals surface area contributed by atoms with E-state index in [2.05, 4.69) is 11.1 Å². The van der Waals surface area contributed by atoms with Gasteiger partial charge in [0.05, 0.1) is 28.6 Å². The van der Waals surface area contributed by atoms with Gasteiger partial charge in [-0.1, -0.05) is 29.8 Å². The molecule has 0 aliphatic heterocycles. The molecule has 0 bridgehead atoms. The predicted octanol–water partition coefficient (Wildman–Crippen LogP) is 6.93. The SMILES string of the molecule is Cc1nc2ccc(CCN(C)C)c(C#N)c2c(=O)n1CCOc1ccc(Cl)cc1-c1ccc(C(F)F)c2c(C(=O)O)csc12. The van der Waals surface area contributed by atoms with Crippen molar-refractivity contribution in [2.45, 2.75) is 26.3 Å². The molecular formula is C32H27ClF2N4O4S. The largest absolute Gasteiger partial charge is 0.491 e. The van der Waals surface area contributed by atoms with E-state index in [1.807, 2.05) is 25.1 Å². The molecule has 0 spiro atoms. The highest BCUT2D eigenvalue weighted by atomic mass is 35.5. The Balaban J connectivity index is 1.50. The van der Waals surface area contributed by atoms with Gasteiger partial charge in [0, 0.05) is 43.7 Å². The van der Waals surface area contributed by atoms with Gasteiger partial charge in [-0.15, -0.1) is 11.3 Å². The van der Waals surface area contributed by atoms with Crippen molar-refractivity contribution in [2.75, 3.05) is 27.2 Å². The maximum absolute atomic E-state index is 13.8. The van der Waals surface area contributed by atoms with Crippen LogP contribution in [0.15, 0.2) is 52.6 Å². The number of aryl methyl sites for hydroxylation is 1. The predicted molar refractivity (Wildman–Crippen MR) is 167 cm³/mol. The summed E-state index contributed by atoms with van der Waals surface area (Å²) in [5.74, 6) is -0.475. The molecule has 12 heteroatoms. The molecule has 8 nitrogen and oxygen atoms in total. The van der Waals surface area contributed by atoms with Crippen LogP contribution >= 0.6 is 22.9 Å². The molecular weight excluding hydrogens is 610 g/mol. The van der Waals surface area contributed by atoms with Gasteiger partial charge >= 0.3 is 5.97 Å². The summed E-state index contributed by atoms with van der Waals surface area (Å²) in [7, 11) is 3.87. The number of aromatic nitrogens is 2. The zero-order chi connectivity index (χ0) is 31.7. The van der Waals surface area contributed by atoms with Crippen molar-refractivity contribution in [3.8, 4) is 22.9 Å². The van der Waals surface area contributed by atoms with Gasteiger partial charge in [0.1, 0.15) is 24.3 Å². The Morgan fingerprint density at radius 3 is 2.64 bits per heavy atom. The number of likely N-dealkylation sites (N-methyl/N-ethyl adjacent to an activating group) is 1. The number of thiophene rings is 1. The molecule has 0 fully saturated rings. The molecule has 0 radical (unpaired) electrons. The van der Waals surface area contributed by atoms with E-state index < -0.39 is 12.4 Å². The molecule has 0 saturated heterocycles. The molecule has 2 heterocycles. The number of carbonyl (C=O) groups is 1. The van der Waals surface area contributed by atoms with E-state index >= 15 is 0 Å². The number of aromatic carboxylic acids is 1. The summed E-state index contributed by atoms with van der Waals surface area (Å²) in [6.07, 6.45) is -2.26. The lowest BCUT2D eigenvalue weighted by Gasteiger charge is -2.16. The smallest absolute Gasteiger partial charge is 0.337 e. The fourth-order valence-electron chi connectivity index (χ4n) is 5.22. The van der Waals surface area contributed by atoms with Gasteiger partial charge in [-0.3, -0.25) is 9.36 Å². The number of benzene rings is 3. The molecule has 0 amide bonds. The first-order chi connectivity index (χ1) is 21.0. The highest BCUT2D eigenvalue weighted by molar-refractivity contribution is 7.18. The van der Waals surface area contributed by atoms with Gasteiger partial charge in [-0.2, -0.15) is 5.26 Å². The van der Waals surface area contributed by atoms with E-state index in [9.17, 15) is 28.7 Å². The van der Waals surface area contributed by atoms with Crippen LogP contribution in [0.1, 0.15) is 39.3 Å². The van der Waals surface area contributed by atoms with Crippen molar-refractivity contribution < 1.29 is 23.4 Å². The summed E-state index contributed by atoms with van der Waals surface area (Å²) < 4.78 is 35.6. The Bertz CT molecular complexity index is 2020. The van der Waals surface area contributed by atoms with Gasteiger partial charge in [0.25, 0.3) is 12.0 Å². The summed E-state index contributed by atoms with van der Waals surface area (Å²) in [5, 5.41) is 21.5. The van der Waals surface area contributed by atoms with Crippen molar-refractivity contribution in [1.29, 1.82) is 5.26 Å². The van der Waals surface area contributed by atoms with Crippen molar-refractivity contribution in [2.24, 2.45) is 0 Å². The average Bonchev–Trinajstić information content (AvgIpc) is 3.43. The zero-order valence-corrected chi connectivity index (χ0v) is 25.6. The number of fused-ring (bicyclic) bond motifs is 2. The highest BCUT2D eigenvalue weighted by Crippen LogP contribution is 2.43. The minimum Gasteiger partial charge on any atom is -0.491 e. The standard InChI is InChI=1S/C32H27ClF2N4O4S/c1-17-37-25-8-4-18(10-11-38(2)3)23(15-36)28(25)31(40)39(17)12-13-43-26-9-5-19(33)14-22(26)20-6-7-21(30(34)35)27-24(32(41)42)16-44-29(20)27/h4-9,14,16,30H,10-13H2,1-3H3,(H,41,42). The molecule has 1 N–H and O–H groups in total. The molecule has 44 heavy (non-hydrogen) atoms. The molecule has 0 unspecified atom stereocenters. The quantitative estimate of drug-likeness (QED) is 0.177. The summed E-state index contributed by atoms with van der Waals surface area (Å²) in [5.41, 5.74) is 1.59. The van der Waals surface area contributed by atoms with Crippen molar-refractivity contribution in [1.82, 2.24) is 14.5 Å². The summed E-state index contributed by atoms with van der Waals surface area (Å²) in [6, 6.07) is 13.4. The number of nitrogens with zero attached hydrogens (tertiary/aromatic N) is 4. The van der Waals surface area contributed by atoms with E-state index in [1.165, 1.54) is 22.1 Å². The van der Waals surface area contributed by atoms with E-state index in [-0.39, 0.29) is 40.6 Å². The lowest BCUT2D eigenvalue weighted by molar-refractivity contribution is 0.0699. The number of halogens is 3. The third-order valence-electron chi connectivity index (χ3n) is 7.37. The fourth-order valence-corrected chi connectivity index (χ4v) is 6.49. The Labute approximate surface area is 260 Å². The van der Waals surface area contributed by atoms with Crippen LogP contribution in [-0.4, -0.2) is 52.8 Å². The number of alkyl halides is 2. The first-order valence-corrected chi connectivity index (χ1v) is 14.8. The van der Waals surface area contributed by atoms with Crippen LogP contribution in [0.5, 0.6) is 5.75 Å². The van der Waals surface area contributed by atoms with Crippen molar-refractivity contribution >= 4 is 49.9 Å². The van der Waals surface area contributed by atoms with Crippen molar-refractivity contribution in [3.05, 3.63) is 91.3 Å². The number of ether oxygens (including phenoxy) is 1. The molecule has 2 aromatic heterocycles. The van der Waals surface area contributed by atoms with Gasteiger partial charge < -0.3 is 14.7 Å². The van der Waals surface area contributed by atoms with E-state index in [0.717, 1.165) is 16.9 Å². The van der Waals surface area contributed by atoms with E-state index in [0.29, 0.717) is 56.5 Å². The molecule has 5 aromatic rings. The first kappa shape index (κ1) is 31.1. The molecule has 0 aliphatic carbocycles. The monoisotopic (exact) mass is 636 g/mol. The summed E-state index contributed by atoms with van der Waals surface area (Å²) in [6.45, 7) is 2.57. The molecule has 0 saturated carbocycles. The molecule has 0 aliphatic rings. The third kappa shape index (κ3) is 5.88. The lowest BCUT2D eigenvalue weighted by Crippen LogP contribution is -2.27. The van der Waals surface area contributed by atoms with Crippen LogP contribution in [0.25, 0.3) is 32.1 Å². The van der Waals surface area contributed by atoms with Gasteiger partial charge in [0.2, 0.25) is 0 Å². The number of hydrogen-bond acceptors (Lipinski definition) is 7. The first-order valence-electron chi connectivity index (χ1n) is 13.6. The van der Waals surface area contributed by atoms with Gasteiger partial charge in [-0.05, 0) is 57.3 Å². The maximum Gasteiger partial charge on any atom is 0.337 e. The van der Waals surface area contributed by atoms with Crippen molar-refractivity contribution in [3.63, 3.8) is 0 Å². The lowest BCUT2D eigenvalue weighted by atomic mass is 9.98. The Morgan fingerprint density at radius 2 is 1.95 bits per heavy atom. The zero-order valence-electron chi connectivity index (χ0n) is 24.0. The second kappa shape index (κ2) is 12.7. The fraction of sp³-hybridized carbons (Fsp3) is 0.250. The van der Waals surface area contributed by atoms with Crippen LogP contribution in [-0.2, 0) is 13.0 Å². The molecule has 0 atom stereocenters. The summed E-state index contributed by atoms with van der Waals surface area (Å²) >= 11 is 7.36. The number of carboxylic acid groups (broad SMARTS) is 1. The number of rotatable bonds is 10. The van der Waals surface area contributed by atoms with E-state index in [4.69, 9.17) is 16.3 Å². The second-order valence-electron chi connectivity index (χ2n) is 10.4. The topological polar surface area (TPSA) is 108 Å².